The Morgan fingerprint density at radius 1 is 0.972 bits per heavy atom. The molecule has 0 atom stereocenters. The second kappa shape index (κ2) is 10.9. The Morgan fingerprint density at radius 3 is 2.50 bits per heavy atom. The summed E-state index contributed by atoms with van der Waals surface area (Å²) in [5, 5.41) is 10.0. The van der Waals surface area contributed by atoms with E-state index in [9.17, 15) is 4.79 Å². The topological polar surface area (TPSA) is 50.2 Å². The van der Waals surface area contributed by atoms with Crippen LogP contribution < -0.4 is 5.32 Å². The van der Waals surface area contributed by atoms with Crippen molar-refractivity contribution in [3.8, 4) is 16.3 Å². The highest BCUT2D eigenvalue weighted by molar-refractivity contribution is 9.10. The van der Waals surface area contributed by atoms with Crippen molar-refractivity contribution in [2.45, 2.75) is 20.0 Å². The summed E-state index contributed by atoms with van der Waals surface area (Å²) in [6, 6.07) is 29.9. The molecule has 36 heavy (non-hydrogen) atoms. The average Bonchev–Trinajstić information content (AvgIpc) is 3.56. The van der Waals surface area contributed by atoms with Crippen molar-refractivity contribution in [1.29, 1.82) is 0 Å². The van der Waals surface area contributed by atoms with E-state index in [0.717, 1.165) is 37.5 Å². The number of benzene rings is 3. The lowest BCUT2D eigenvalue weighted by atomic mass is 10.1. The quantitative estimate of drug-likeness (QED) is 0.221. The van der Waals surface area contributed by atoms with Gasteiger partial charge in [0.15, 0.2) is 0 Å². The Labute approximate surface area is 223 Å². The first-order chi connectivity index (χ1) is 17.5. The molecule has 2 heterocycles. The van der Waals surface area contributed by atoms with E-state index in [0.29, 0.717) is 13.1 Å². The molecule has 0 aliphatic heterocycles. The first kappa shape index (κ1) is 24.0. The Balaban J connectivity index is 1.49. The third-order valence-corrected chi connectivity index (χ3v) is 7.15. The molecule has 0 aliphatic carbocycles. The number of aromatic nitrogens is 2. The van der Waals surface area contributed by atoms with Crippen LogP contribution in [-0.4, -0.2) is 20.7 Å². The number of nitrogens with zero attached hydrogens (tertiary/aromatic N) is 3. The largest absolute Gasteiger partial charge is 0.322 e. The minimum absolute atomic E-state index is 0.168. The number of thiophene rings is 1. The van der Waals surface area contributed by atoms with Gasteiger partial charge < -0.3 is 10.2 Å². The Hall–Kier alpha value is -3.68. The second-order valence-corrected chi connectivity index (χ2v) is 10.4. The molecule has 2 amide bonds. The van der Waals surface area contributed by atoms with Gasteiger partial charge in [0.1, 0.15) is 5.69 Å². The normalized spacial score (nSPS) is 10.8. The molecule has 5 aromatic rings. The van der Waals surface area contributed by atoms with Crippen molar-refractivity contribution in [3.63, 3.8) is 0 Å². The number of hydrogen-bond acceptors (Lipinski definition) is 3. The van der Waals surface area contributed by atoms with Crippen LogP contribution in [0.2, 0.25) is 0 Å². The zero-order valence-electron chi connectivity index (χ0n) is 19.8. The van der Waals surface area contributed by atoms with E-state index in [1.807, 2.05) is 81.8 Å². The number of para-hydroxylation sites is 1. The van der Waals surface area contributed by atoms with E-state index >= 15 is 0 Å². The molecule has 0 bridgehead atoms. The Bertz CT molecular complexity index is 1450. The number of anilines is 1. The smallest absolute Gasteiger partial charge is 0.316 e. The molecule has 0 radical (unpaired) electrons. The third-order valence-electron chi connectivity index (χ3n) is 5.78. The van der Waals surface area contributed by atoms with Crippen LogP contribution in [-0.2, 0) is 13.1 Å². The van der Waals surface area contributed by atoms with Gasteiger partial charge in [-0.05, 0) is 54.3 Å². The molecule has 2 aromatic heterocycles. The number of aryl methyl sites for hydroxylation is 1. The number of urea groups is 1. The van der Waals surface area contributed by atoms with Gasteiger partial charge in [-0.15, -0.1) is 11.3 Å². The van der Waals surface area contributed by atoms with Gasteiger partial charge in [0, 0.05) is 28.5 Å². The Morgan fingerprint density at radius 2 is 1.78 bits per heavy atom. The molecule has 0 spiro atoms. The van der Waals surface area contributed by atoms with Crippen molar-refractivity contribution in [1.82, 2.24) is 14.7 Å². The highest BCUT2D eigenvalue weighted by Gasteiger charge is 2.20. The number of halogens is 1. The fourth-order valence-electron chi connectivity index (χ4n) is 3.95. The highest BCUT2D eigenvalue weighted by atomic mass is 79.9. The molecule has 0 saturated carbocycles. The molecule has 1 N–H and O–H groups in total. The van der Waals surface area contributed by atoms with E-state index in [1.165, 1.54) is 5.56 Å². The van der Waals surface area contributed by atoms with Crippen molar-refractivity contribution in [3.05, 3.63) is 124 Å². The summed E-state index contributed by atoms with van der Waals surface area (Å²) in [6.07, 6.45) is 2.03. The molecule has 7 heteroatoms. The van der Waals surface area contributed by atoms with Gasteiger partial charge in [0.2, 0.25) is 0 Å². The minimum atomic E-state index is -0.168. The van der Waals surface area contributed by atoms with E-state index in [4.69, 9.17) is 5.10 Å². The second-order valence-electron chi connectivity index (χ2n) is 8.54. The van der Waals surface area contributed by atoms with Crippen molar-refractivity contribution in [2.75, 3.05) is 5.32 Å². The number of hydrogen-bond donors (Lipinski definition) is 1. The highest BCUT2D eigenvalue weighted by Crippen LogP contribution is 2.29. The number of amides is 2. The van der Waals surface area contributed by atoms with Crippen LogP contribution in [0.1, 0.15) is 16.7 Å². The lowest BCUT2D eigenvalue weighted by Crippen LogP contribution is -2.34. The summed E-state index contributed by atoms with van der Waals surface area (Å²) in [5.41, 5.74) is 5.84. The van der Waals surface area contributed by atoms with Crippen LogP contribution in [0.5, 0.6) is 0 Å². The van der Waals surface area contributed by atoms with Crippen molar-refractivity contribution in [2.24, 2.45) is 0 Å². The molecule has 5 rings (SSSR count). The molecule has 0 unspecified atom stereocenters. The van der Waals surface area contributed by atoms with E-state index in [1.54, 1.807) is 11.3 Å². The monoisotopic (exact) mass is 556 g/mol. The van der Waals surface area contributed by atoms with Crippen LogP contribution in [0.3, 0.4) is 0 Å². The van der Waals surface area contributed by atoms with Gasteiger partial charge in [-0.3, -0.25) is 0 Å². The summed E-state index contributed by atoms with van der Waals surface area (Å²) in [7, 11) is 0. The maximum atomic E-state index is 13.5. The summed E-state index contributed by atoms with van der Waals surface area (Å²) in [6.45, 7) is 2.95. The van der Waals surface area contributed by atoms with E-state index in [-0.39, 0.29) is 6.03 Å². The van der Waals surface area contributed by atoms with Gasteiger partial charge >= 0.3 is 6.03 Å². The van der Waals surface area contributed by atoms with Crippen LogP contribution >= 0.6 is 27.3 Å². The van der Waals surface area contributed by atoms with Gasteiger partial charge in [0.05, 0.1) is 17.1 Å². The Kier molecular flexibility index (Phi) is 7.30. The van der Waals surface area contributed by atoms with E-state index in [2.05, 4.69) is 58.5 Å². The van der Waals surface area contributed by atoms with Crippen LogP contribution in [0.15, 0.2) is 107 Å². The van der Waals surface area contributed by atoms with Gasteiger partial charge in [-0.25, -0.2) is 9.48 Å². The number of rotatable bonds is 7. The fraction of sp³-hybridized carbons (Fsp3) is 0.103. The minimum Gasteiger partial charge on any atom is -0.316 e. The third kappa shape index (κ3) is 5.75. The van der Waals surface area contributed by atoms with Gasteiger partial charge in [-0.1, -0.05) is 76.1 Å². The molecular formula is C29H25BrN4OS. The lowest BCUT2D eigenvalue weighted by Gasteiger charge is -2.23. The summed E-state index contributed by atoms with van der Waals surface area (Å²) >= 11 is 5.13. The molecule has 0 saturated heterocycles. The molecule has 5 nitrogen and oxygen atoms in total. The number of nitrogens with one attached hydrogen (secondary N) is 1. The molecule has 3 aromatic carbocycles. The predicted octanol–water partition coefficient (Wildman–Crippen LogP) is 7.91. The maximum Gasteiger partial charge on any atom is 0.322 e. The summed E-state index contributed by atoms with van der Waals surface area (Å²) in [5.74, 6) is 0. The number of carbonyl (C=O) groups excluding carboxylic acids is 1. The maximum absolute atomic E-state index is 13.5. The molecule has 0 fully saturated rings. The first-order valence-corrected chi connectivity index (χ1v) is 13.3. The van der Waals surface area contributed by atoms with Gasteiger partial charge in [-0.2, -0.15) is 5.10 Å². The summed E-state index contributed by atoms with van der Waals surface area (Å²) in [4.78, 5) is 16.4. The SMILES string of the molecule is Cc1ccc(CN(Cc2cn(-c3ccccc3)nc2-c2cccs2)C(=O)Nc2cccc(Br)c2)cc1. The predicted molar refractivity (Wildman–Crippen MR) is 150 cm³/mol. The summed E-state index contributed by atoms with van der Waals surface area (Å²) < 4.78 is 2.80. The standard InChI is InChI=1S/C29H25BrN4OS/c1-21-12-14-22(15-13-21)18-33(29(35)31-25-8-5-7-24(30)17-25)19-23-20-34(26-9-3-2-4-10-26)32-28(23)27-11-6-16-36-27/h2-17,20H,18-19H2,1H3,(H,31,35). The van der Waals surface area contributed by atoms with Crippen LogP contribution in [0, 0.1) is 6.92 Å². The van der Waals surface area contributed by atoms with Crippen LogP contribution in [0.4, 0.5) is 10.5 Å². The molecule has 0 aliphatic rings. The fourth-order valence-corrected chi connectivity index (χ4v) is 5.09. The van der Waals surface area contributed by atoms with Gasteiger partial charge in [0.25, 0.3) is 0 Å². The van der Waals surface area contributed by atoms with Crippen LogP contribution in [0.25, 0.3) is 16.3 Å². The van der Waals surface area contributed by atoms with Crippen molar-refractivity contribution < 1.29 is 4.79 Å². The first-order valence-electron chi connectivity index (χ1n) is 11.6. The zero-order valence-corrected chi connectivity index (χ0v) is 22.2. The lowest BCUT2D eigenvalue weighted by molar-refractivity contribution is 0.206. The van der Waals surface area contributed by atoms with Crippen molar-refractivity contribution >= 4 is 39.0 Å². The van der Waals surface area contributed by atoms with E-state index < -0.39 is 0 Å². The number of carbonyl (C=O) groups is 1. The molecular weight excluding hydrogens is 532 g/mol. The zero-order chi connectivity index (χ0) is 24.9. The average molecular weight is 558 g/mol. The molecule has 180 valence electrons.